The van der Waals surface area contributed by atoms with Gasteiger partial charge in [0.2, 0.25) is 5.91 Å². The fourth-order valence-corrected chi connectivity index (χ4v) is 4.11. The normalized spacial score (nSPS) is 28.2. The number of hydrogen-bond donors (Lipinski definition) is 0. The predicted octanol–water partition coefficient (Wildman–Crippen LogP) is 2.43. The Morgan fingerprint density at radius 3 is 2.60 bits per heavy atom. The monoisotopic (exact) mass is 271 g/mol. The number of likely N-dealkylation sites (tertiary alicyclic amines) is 1. The molecule has 2 heterocycles. The van der Waals surface area contributed by atoms with E-state index in [1.54, 1.807) is 0 Å². The molecule has 20 heavy (non-hydrogen) atoms. The van der Waals surface area contributed by atoms with Gasteiger partial charge in [0.15, 0.2) is 0 Å². The van der Waals surface area contributed by atoms with Crippen LogP contribution in [-0.4, -0.2) is 37.1 Å². The number of benzene rings is 1. The third-order valence-electron chi connectivity index (χ3n) is 5.27. The van der Waals surface area contributed by atoms with E-state index >= 15 is 0 Å². The number of carbonyl (C=O) groups excluding carboxylic acids is 1. The van der Waals surface area contributed by atoms with E-state index in [0.29, 0.717) is 23.8 Å². The minimum atomic E-state index is 0.136. The molecule has 0 aromatic heterocycles. The minimum absolute atomic E-state index is 0.136. The van der Waals surface area contributed by atoms with Crippen LogP contribution in [0, 0.1) is 11.3 Å². The number of rotatable bonds is 2. The molecule has 3 nitrogen and oxygen atoms in total. The van der Waals surface area contributed by atoms with Crippen molar-refractivity contribution in [3.8, 4) is 0 Å². The van der Waals surface area contributed by atoms with Crippen molar-refractivity contribution in [2.24, 2.45) is 11.3 Å². The van der Waals surface area contributed by atoms with Crippen molar-refractivity contribution in [3.05, 3.63) is 35.9 Å². The maximum Gasteiger partial charge on any atom is 0.228 e. The molecule has 1 amide bonds. The second kappa shape index (κ2) is 4.59. The van der Waals surface area contributed by atoms with E-state index in [0.717, 1.165) is 26.1 Å². The molecule has 2 aliphatic heterocycles. The zero-order chi connectivity index (χ0) is 13.6. The van der Waals surface area contributed by atoms with Gasteiger partial charge in [0, 0.05) is 25.1 Å². The van der Waals surface area contributed by atoms with E-state index in [2.05, 4.69) is 35.2 Å². The molecule has 1 aromatic rings. The summed E-state index contributed by atoms with van der Waals surface area (Å²) in [5.41, 5.74) is 1.91. The van der Waals surface area contributed by atoms with Crippen LogP contribution in [0.1, 0.15) is 30.7 Å². The molecular formula is C17H21NO2. The lowest BCUT2D eigenvalue weighted by Gasteiger charge is -2.59. The van der Waals surface area contributed by atoms with Gasteiger partial charge in [0.1, 0.15) is 0 Å². The number of nitrogens with zero attached hydrogens (tertiary/aromatic N) is 1. The third kappa shape index (κ3) is 1.96. The SMILES string of the molecule is O=C(C1CCOC1)N1CC2(CC(c3ccccc3)C2)C1. The predicted molar refractivity (Wildman–Crippen MR) is 76.4 cm³/mol. The number of amides is 1. The molecular weight excluding hydrogens is 250 g/mol. The lowest BCUT2D eigenvalue weighted by Crippen LogP contribution is -2.64. The highest BCUT2D eigenvalue weighted by Gasteiger charge is 2.54. The summed E-state index contributed by atoms with van der Waals surface area (Å²) in [7, 11) is 0. The fraction of sp³-hybridized carbons (Fsp3) is 0.588. The second-order valence-electron chi connectivity index (χ2n) is 6.77. The summed E-state index contributed by atoms with van der Waals surface area (Å²) < 4.78 is 5.32. The first-order valence-electron chi connectivity index (χ1n) is 7.67. The van der Waals surface area contributed by atoms with Crippen molar-refractivity contribution < 1.29 is 9.53 Å². The Kier molecular flexibility index (Phi) is 2.84. The molecule has 3 fully saturated rings. The van der Waals surface area contributed by atoms with E-state index in [1.807, 2.05) is 0 Å². The van der Waals surface area contributed by atoms with Crippen molar-refractivity contribution in [1.29, 1.82) is 0 Å². The Labute approximate surface area is 119 Å². The Hall–Kier alpha value is -1.35. The Morgan fingerprint density at radius 1 is 1.20 bits per heavy atom. The number of carbonyl (C=O) groups is 1. The van der Waals surface area contributed by atoms with Gasteiger partial charge in [-0.15, -0.1) is 0 Å². The molecule has 0 bridgehead atoms. The largest absolute Gasteiger partial charge is 0.381 e. The average Bonchev–Trinajstić information content (AvgIpc) is 2.90. The Balaban J connectivity index is 1.31. The van der Waals surface area contributed by atoms with Crippen LogP contribution in [0.25, 0.3) is 0 Å². The van der Waals surface area contributed by atoms with Crippen LogP contribution in [0.3, 0.4) is 0 Å². The van der Waals surface area contributed by atoms with Crippen LogP contribution in [-0.2, 0) is 9.53 Å². The van der Waals surface area contributed by atoms with E-state index in [-0.39, 0.29) is 5.92 Å². The Bertz CT molecular complexity index is 493. The maximum atomic E-state index is 12.3. The van der Waals surface area contributed by atoms with Crippen LogP contribution < -0.4 is 0 Å². The van der Waals surface area contributed by atoms with Gasteiger partial charge in [0.05, 0.1) is 12.5 Å². The van der Waals surface area contributed by atoms with E-state index < -0.39 is 0 Å². The van der Waals surface area contributed by atoms with Crippen LogP contribution in [0.4, 0.5) is 0 Å². The molecule has 1 saturated carbocycles. The highest BCUT2D eigenvalue weighted by Crippen LogP contribution is 2.56. The van der Waals surface area contributed by atoms with Gasteiger partial charge >= 0.3 is 0 Å². The standard InChI is InChI=1S/C17H21NO2/c19-16(14-6-7-20-10-14)18-11-17(12-18)8-15(9-17)13-4-2-1-3-5-13/h1-5,14-15H,6-12H2. The first kappa shape index (κ1) is 12.4. The van der Waals surface area contributed by atoms with Gasteiger partial charge in [-0.05, 0) is 30.7 Å². The van der Waals surface area contributed by atoms with Crippen LogP contribution in [0.15, 0.2) is 30.3 Å². The van der Waals surface area contributed by atoms with Crippen LogP contribution >= 0.6 is 0 Å². The molecule has 0 radical (unpaired) electrons. The molecule has 1 aromatic carbocycles. The second-order valence-corrected chi connectivity index (χ2v) is 6.77. The molecule has 1 spiro atoms. The van der Waals surface area contributed by atoms with Crippen molar-refractivity contribution in [2.45, 2.75) is 25.2 Å². The van der Waals surface area contributed by atoms with Gasteiger partial charge in [-0.3, -0.25) is 4.79 Å². The number of ether oxygens (including phenoxy) is 1. The lowest BCUT2D eigenvalue weighted by molar-refractivity contribution is -0.155. The summed E-state index contributed by atoms with van der Waals surface area (Å²) in [6, 6.07) is 10.8. The van der Waals surface area contributed by atoms with Crippen LogP contribution in [0.2, 0.25) is 0 Å². The first-order valence-corrected chi connectivity index (χ1v) is 7.67. The van der Waals surface area contributed by atoms with Gasteiger partial charge < -0.3 is 9.64 Å². The molecule has 4 rings (SSSR count). The quantitative estimate of drug-likeness (QED) is 0.827. The third-order valence-corrected chi connectivity index (χ3v) is 5.27. The summed E-state index contributed by atoms with van der Waals surface area (Å²) in [4.78, 5) is 14.3. The molecule has 3 heteroatoms. The highest BCUT2D eigenvalue weighted by molar-refractivity contribution is 5.80. The average molecular weight is 271 g/mol. The molecule has 1 unspecified atom stereocenters. The maximum absolute atomic E-state index is 12.3. The summed E-state index contributed by atoms with van der Waals surface area (Å²) in [6.07, 6.45) is 3.42. The fourth-order valence-electron chi connectivity index (χ4n) is 4.11. The first-order chi connectivity index (χ1) is 9.76. The summed E-state index contributed by atoms with van der Waals surface area (Å²) in [6.45, 7) is 3.35. The molecule has 1 atom stereocenters. The van der Waals surface area contributed by atoms with E-state index in [9.17, 15) is 4.79 Å². The van der Waals surface area contributed by atoms with Crippen molar-refractivity contribution in [2.75, 3.05) is 26.3 Å². The van der Waals surface area contributed by atoms with Crippen molar-refractivity contribution in [3.63, 3.8) is 0 Å². The van der Waals surface area contributed by atoms with E-state index in [4.69, 9.17) is 4.74 Å². The number of hydrogen-bond acceptors (Lipinski definition) is 2. The summed E-state index contributed by atoms with van der Waals surface area (Å²) in [5.74, 6) is 1.18. The Morgan fingerprint density at radius 2 is 1.95 bits per heavy atom. The van der Waals surface area contributed by atoms with Crippen molar-refractivity contribution >= 4 is 5.91 Å². The smallest absolute Gasteiger partial charge is 0.228 e. The van der Waals surface area contributed by atoms with Gasteiger partial charge in [0.25, 0.3) is 0 Å². The van der Waals surface area contributed by atoms with Gasteiger partial charge in [-0.1, -0.05) is 30.3 Å². The minimum Gasteiger partial charge on any atom is -0.381 e. The molecule has 106 valence electrons. The molecule has 1 aliphatic carbocycles. The lowest BCUT2D eigenvalue weighted by atomic mass is 9.56. The molecule has 0 N–H and O–H groups in total. The topological polar surface area (TPSA) is 29.5 Å². The van der Waals surface area contributed by atoms with E-state index in [1.165, 1.54) is 18.4 Å². The summed E-state index contributed by atoms with van der Waals surface area (Å²) in [5, 5.41) is 0. The molecule has 3 aliphatic rings. The summed E-state index contributed by atoms with van der Waals surface area (Å²) >= 11 is 0. The van der Waals surface area contributed by atoms with Gasteiger partial charge in [-0.2, -0.15) is 0 Å². The zero-order valence-corrected chi connectivity index (χ0v) is 11.8. The molecule has 2 saturated heterocycles. The van der Waals surface area contributed by atoms with Crippen molar-refractivity contribution in [1.82, 2.24) is 4.90 Å². The highest BCUT2D eigenvalue weighted by atomic mass is 16.5. The van der Waals surface area contributed by atoms with Gasteiger partial charge in [-0.25, -0.2) is 0 Å². The zero-order valence-electron chi connectivity index (χ0n) is 11.8. The van der Waals surface area contributed by atoms with Crippen LogP contribution in [0.5, 0.6) is 0 Å².